The Morgan fingerprint density at radius 2 is 1.74 bits per heavy atom. The van der Waals surface area contributed by atoms with Gasteiger partial charge in [0.15, 0.2) is 5.01 Å². The molecule has 1 amide bonds. The lowest BCUT2D eigenvalue weighted by atomic mass is 10.1. The largest absolute Gasteiger partial charge is 0.497 e. The number of ketones is 1. The first-order valence-corrected chi connectivity index (χ1v) is 14.3. The summed E-state index contributed by atoms with van der Waals surface area (Å²) in [5.41, 5.74) is 3.18. The molecule has 7 nitrogen and oxygen atoms in total. The van der Waals surface area contributed by atoms with Crippen molar-refractivity contribution < 1.29 is 23.8 Å². The molecule has 0 N–H and O–H groups in total. The Hall–Kier alpha value is -3.69. The lowest BCUT2D eigenvalue weighted by molar-refractivity contribution is 0.0225. The highest BCUT2D eigenvalue weighted by molar-refractivity contribution is 7.16. The van der Waals surface area contributed by atoms with Crippen LogP contribution in [0.15, 0.2) is 60.0 Å². The molecule has 0 saturated carbocycles. The van der Waals surface area contributed by atoms with Gasteiger partial charge in [0, 0.05) is 22.4 Å². The second-order valence-electron chi connectivity index (χ2n) is 10.2. The van der Waals surface area contributed by atoms with Crippen LogP contribution in [0.5, 0.6) is 11.5 Å². The Bertz CT molecular complexity index is 1470. The fraction of sp³-hybridized carbons (Fsp3) is 0.300. The minimum Gasteiger partial charge on any atom is -0.497 e. The zero-order valence-corrected chi connectivity index (χ0v) is 24.0. The highest BCUT2D eigenvalue weighted by Crippen LogP contribution is 2.32. The maximum atomic E-state index is 13.3. The van der Waals surface area contributed by atoms with Gasteiger partial charge in [-0.15, -0.1) is 22.7 Å². The Labute approximate surface area is 236 Å². The zero-order valence-electron chi connectivity index (χ0n) is 22.4. The van der Waals surface area contributed by atoms with Crippen LogP contribution in [0.1, 0.15) is 51.5 Å². The number of aromatic nitrogens is 1. The third kappa shape index (κ3) is 6.49. The van der Waals surface area contributed by atoms with E-state index in [1.807, 2.05) is 80.7 Å². The van der Waals surface area contributed by atoms with Crippen LogP contribution >= 0.6 is 22.7 Å². The summed E-state index contributed by atoms with van der Waals surface area (Å²) in [5.74, 6) is 1.48. The van der Waals surface area contributed by atoms with E-state index in [1.54, 1.807) is 12.0 Å². The summed E-state index contributed by atoms with van der Waals surface area (Å²) in [7, 11) is 1.64. The molecule has 39 heavy (non-hydrogen) atoms. The molecule has 0 saturated heterocycles. The molecule has 0 spiro atoms. The number of nitrogens with zero attached hydrogens (tertiary/aromatic N) is 2. The first kappa shape index (κ1) is 26.9. The van der Waals surface area contributed by atoms with Gasteiger partial charge in [0.05, 0.1) is 24.2 Å². The molecule has 0 fully saturated rings. The highest BCUT2D eigenvalue weighted by atomic mass is 32.1. The van der Waals surface area contributed by atoms with Crippen molar-refractivity contribution in [2.75, 3.05) is 13.7 Å². The molecule has 202 valence electrons. The molecule has 0 bridgehead atoms. The Balaban J connectivity index is 1.21. The minimum absolute atomic E-state index is 0.0890. The summed E-state index contributed by atoms with van der Waals surface area (Å²) in [6.07, 6.45) is 0.386. The average molecular weight is 563 g/mol. The van der Waals surface area contributed by atoms with Crippen LogP contribution in [0.25, 0.3) is 11.3 Å². The molecule has 0 radical (unpaired) electrons. The smallest absolute Gasteiger partial charge is 0.410 e. The Kier molecular flexibility index (Phi) is 7.72. The van der Waals surface area contributed by atoms with Crippen molar-refractivity contribution in [3.8, 4) is 22.8 Å². The van der Waals surface area contributed by atoms with Crippen molar-refractivity contribution in [3.05, 3.63) is 85.9 Å². The number of rotatable bonds is 7. The number of amides is 1. The van der Waals surface area contributed by atoms with Crippen LogP contribution in [-0.2, 0) is 24.3 Å². The number of thiazole rings is 1. The van der Waals surface area contributed by atoms with Crippen molar-refractivity contribution >= 4 is 34.6 Å². The highest BCUT2D eigenvalue weighted by Gasteiger charge is 2.28. The molecule has 4 aromatic rings. The van der Waals surface area contributed by atoms with Crippen LogP contribution in [0, 0.1) is 0 Å². The fourth-order valence-corrected chi connectivity index (χ4v) is 6.10. The number of methoxy groups -OCH3 is 1. The van der Waals surface area contributed by atoms with Crippen molar-refractivity contribution in [2.45, 2.75) is 45.9 Å². The Morgan fingerprint density at radius 3 is 2.44 bits per heavy atom. The quantitative estimate of drug-likeness (QED) is 0.226. The second kappa shape index (κ2) is 11.2. The summed E-state index contributed by atoms with van der Waals surface area (Å²) >= 11 is 2.83. The summed E-state index contributed by atoms with van der Waals surface area (Å²) in [6.45, 7) is 7.06. The number of thiophene rings is 1. The van der Waals surface area contributed by atoms with Crippen LogP contribution in [0.2, 0.25) is 0 Å². The molecule has 9 heteroatoms. The first-order chi connectivity index (χ1) is 18.7. The number of benzene rings is 2. The SMILES string of the molecule is COc1ccc(COc2ccc(-c3csc(C(=O)c4cc5c(s4)CCN(C(=O)OC(C)(C)C)C5)n3)cc2)cc1. The monoisotopic (exact) mass is 562 g/mol. The van der Waals surface area contributed by atoms with E-state index in [0.29, 0.717) is 36.0 Å². The van der Waals surface area contributed by atoms with Gasteiger partial charge in [-0.2, -0.15) is 0 Å². The fourth-order valence-electron chi connectivity index (χ4n) is 4.15. The number of fused-ring (bicyclic) bond motifs is 1. The van der Waals surface area contributed by atoms with Crippen molar-refractivity contribution in [1.82, 2.24) is 9.88 Å². The molecule has 0 unspecified atom stereocenters. The summed E-state index contributed by atoms with van der Waals surface area (Å²) in [5, 5.41) is 2.35. The van der Waals surface area contributed by atoms with E-state index in [4.69, 9.17) is 14.2 Å². The molecular formula is C30H30N2O5S2. The second-order valence-corrected chi connectivity index (χ2v) is 12.2. The standard InChI is InChI=1S/C30H30N2O5S2/c1-30(2,3)37-29(34)32-14-13-25-21(16-32)15-26(39-25)27(33)28-31-24(18-38-28)20-7-11-23(12-8-20)36-17-19-5-9-22(35-4)10-6-19/h5-12,15,18H,13-14,16-17H2,1-4H3. The van der Waals surface area contributed by atoms with E-state index in [0.717, 1.165) is 38.8 Å². The number of ether oxygens (including phenoxy) is 3. The normalized spacial score (nSPS) is 13.1. The maximum absolute atomic E-state index is 13.3. The molecule has 0 aliphatic carbocycles. The molecule has 0 atom stereocenters. The zero-order chi connectivity index (χ0) is 27.6. The van der Waals surface area contributed by atoms with E-state index < -0.39 is 5.60 Å². The predicted molar refractivity (Wildman–Crippen MR) is 153 cm³/mol. The molecular weight excluding hydrogens is 532 g/mol. The van der Waals surface area contributed by atoms with Gasteiger partial charge in [0.25, 0.3) is 0 Å². The third-order valence-electron chi connectivity index (χ3n) is 6.16. The Morgan fingerprint density at radius 1 is 1.03 bits per heavy atom. The van der Waals surface area contributed by atoms with E-state index >= 15 is 0 Å². The molecule has 3 heterocycles. The lowest BCUT2D eigenvalue weighted by Crippen LogP contribution is -2.39. The summed E-state index contributed by atoms with van der Waals surface area (Å²) < 4.78 is 16.6. The molecule has 1 aliphatic rings. The van der Waals surface area contributed by atoms with Gasteiger partial charge in [-0.05, 0) is 80.8 Å². The third-order valence-corrected chi connectivity index (χ3v) is 8.23. The van der Waals surface area contributed by atoms with Crippen LogP contribution in [0.3, 0.4) is 0 Å². The van der Waals surface area contributed by atoms with Crippen molar-refractivity contribution in [2.24, 2.45) is 0 Å². The number of hydrogen-bond donors (Lipinski definition) is 0. The van der Waals surface area contributed by atoms with E-state index in [1.165, 1.54) is 22.7 Å². The van der Waals surface area contributed by atoms with E-state index in [-0.39, 0.29) is 11.9 Å². The first-order valence-electron chi connectivity index (χ1n) is 12.6. The van der Waals surface area contributed by atoms with Crippen molar-refractivity contribution in [1.29, 1.82) is 0 Å². The maximum Gasteiger partial charge on any atom is 0.410 e. The van der Waals surface area contributed by atoms with Crippen LogP contribution in [0.4, 0.5) is 4.79 Å². The summed E-state index contributed by atoms with van der Waals surface area (Å²) in [4.78, 5) is 33.8. The number of carbonyl (C=O) groups is 2. The van der Waals surface area contributed by atoms with Gasteiger partial charge in [-0.25, -0.2) is 9.78 Å². The van der Waals surface area contributed by atoms with Gasteiger partial charge >= 0.3 is 6.09 Å². The van der Waals surface area contributed by atoms with Crippen LogP contribution in [-0.4, -0.2) is 41.0 Å². The van der Waals surface area contributed by atoms with Gasteiger partial charge in [-0.3, -0.25) is 4.79 Å². The van der Waals surface area contributed by atoms with E-state index in [2.05, 4.69) is 4.98 Å². The predicted octanol–water partition coefficient (Wildman–Crippen LogP) is 6.98. The van der Waals surface area contributed by atoms with Gasteiger partial charge < -0.3 is 19.1 Å². The lowest BCUT2D eigenvalue weighted by Gasteiger charge is -2.29. The van der Waals surface area contributed by atoms with Crippen molar-refractivity contribution in [3.63, 3.8) is 0 Å². The summed E-state index contributed by atoms with van der Waals surface area (Å²) in [6, 6.07) is 17.4. The topological polar surface area (TPSA) is 78.0 Å². The molecule has 1 aliphatic heterocycles. The molecule has 2 aromatic carbocycles. The van der Waals surface area contributed by atoms with Crippen LogP contribution < -0.4 is 9.47 Å². The molecule has 5 rings (SSSR count). The number of hydrogen-bond acceptors (Lipinski definition) is 8. The van der Waals surface area contributed by atoms with Gasteiger partial charge in [0.2, 0.25) is 5.78 Å². The van der Waals surface area contributed by atoms with Gasteiger partial charge in [-0.1, -0.05) is 12.1 Å². The minimum atomic E-state index is -0.541. The molecule has 2 aromatic heterocycles. The average Bonchev–Trinajstić information content (AvgIpc) is 3.58. The number of carbonyl (C=O) groups excluding carboxylic acids is 2. The van der Waals surface area contributed by atoms with E-state index in [9.17, 15) is 9.59 Å². The van der Waals surface area contributed by atoms with Gasteiger partial charge in [0.1, 0.15) is 23.7 Å².